The molecule has 1 amide bonds. The van der Waals surface area contributed by atoms with Crippen LogP contribution >= 0.6 is 0 Å². The van der Waals surface area contributed by atoms with Gasteiger partial charge in [0.15, 0.2) is 6.61 Å². The van der Waals surface area contributed by atoms with E-state index in [9.17, 15) is 9.59 Å². The number of anilines is 1. The third-order valence-corrected chi connectivity index (χ3v) is 3.59. The summed E-state index contributed by atoms with van der Waals surface area (Å²) in [5, 5.41) is 11.4. The first-order valence-corrected chi connectivity index (χ1v) is 7.70. The van der Waals surface area contributed by atoms with Crippen molar-refractivity contribution in [3.8, 4) is 6.07 Å². The Morgan fingerprint density at radius 1 is 1.12 bits per heavy atom. The first kappa shape index (κ1) is 18.0. The molecule has 5 nitrogen and oxygen atoms in total. The fourth-order valence-electron chi connectivity index (χ4n) is 2.03. The lowest BCUT2D eigenvalue weighted by Crippen LogP contribution is -2.20. The fourth-order valence-corrected chi connectivity index (χ4v) is 2.03. The zero-order valence-electron chi connectivity index (χ0n) is 14.1. The number of hydrogen-bond donors (Lipinski definition) is 1. The standard InChI is InChI=1S/C20H18N2O3/c1-14-3-9-18(11-15(14)2)22-19(23)13-25-20(24)10-8-16-4-6-17(12-21)7-5-16/h3-11H,13H2,1-2H3,(H,22,23)/b10-8+. The van der Waals surface area contributed by atoms with E-state index < -0.39 is 11.9 Å². The maximum atomic E-state index is 11.8. The molecule has 126 valence electrons. The molecule has 0 radical (unpaired) electrons. The number of aryl methyl sites for hydroxylation is 2. The maximum absolute atomic E-state index is 11.8. The molecule has 0 aliphatic rings. The number of carbonyl (C=O) groups excluding carboxylic acids is 2. The number of amides is 1. The highest BCUT2D eigenvalue weighted by Crippen LogP contribution is 2.14. The Hall–Kier alpha value is -3.39. The third kappa shape index (κ3) is 5.63. The van der Waals surface area contributed by atoms with Crippen molar-refractivity contribution in [3.63, 3.8) is 0 Å². The molecule has 2 aromatic carbocycles. The van der Waals surface area contributed by atoms with Crippen LogP contribution in [-0.2, 0) is 14.3 Å². The van der Waals surface area contributed by atoms with E-state index in [1.807, 2.05) is 32.0 Å². The molecule has 5 heteroatoms. The Morgan fingerprint density at radius 3 is 2.48 bits per heavy atom. The average molecular weight is 334 g/mol. The van der Waals surface area contributed by atoms with Crippen LogP contribution in [0.5, 0.6) is 0 Å². The molecule has 0 saturated carbocycles. The number of nitriles is 1. The zero-order valence-corrected chi connectivity index (χ0v) is 14.1. The van der Waals surface area contributed by atoms with Gasteiger partial charge in [0.05, 0.1) is 11.6 Å². The summed E-state index contributed by atoms with van der Waals surface area (Å²) >= 11 is 0. The monoisotopic (exact) mass is 334 g/mol. The van der Waals surface area contributed by atoms with Crippen LogP contribution in [0.1, 0.15) is 22.3 Å². The Labute approximate surface area is 146 Å². The molecule has 0 fully saturated rings. The number of rotatable bonds is 5. The molecule has 0 spiro atoms. The third-order valence-electron chi connectivity index (χ3n) is 3.59. The van der Waals surface area contributed by atoms with E-state index in [0.29, 0.717) is 11.3 Å². The molecule has 0 saturated heterocycles. The second-order valence-corrected chi connectivity index (χ2v) is 5.52. The molecule has 25 heavy (non-hydrogen) atoms. The Balaban J connectivity index is 1.82. The van der Waals surface area contributed by atoms with Gasteiger partial charge < -0.3 is 10.1 Å². The average Bonchev–Trinajstić information content (AvgIpc) is 2.61. The van der Waals surface area contributed by atoms with Crippen molar-refractivity contribution in [2.45, 2.75) is 13.8 Å². The highest BCUT2D eigenvalue weighted by atomic mass is 16.5. The van der Waals surface area contributed by atoms with Crippen molar-refractivity contribution in [2.75, 3.05) is 11.9 Å². The minimum atomic E-state index is -0.611. The molecule has 0 atom stereocenters. The number of ether oxygens (including phenoxy) is 1. The summed E-state index contributed by atoms with van der Waals surface area (Å²) < 4.78 is 4.91. The molecule has 0 bridgehead atoms. The van der Waals surface area contributed by atoms with Gasteiger partial charge in [0.1, 0.15) is 0 Å². The van der Waals surface area contributed by atoms with Crippen LogP contribution in [0.2, 0.25) is 0 Å². The largest absolute Gasteiger partial charge is 0.452 e. The molecule has 0 aliphatic heterocycles. The van der Waals surface area contributed by atoms with Gasteiger partial charge in [-0.1, -0.05) is 18.2 Å². The lowest BCUT2D eigenvalue weighted by molar-refractivity contribution is -0.142. The van der Waals surface area contributed by atoms with Gasteiger partial charge in [0.2, 0.25) is 0 Å². The van der Waals surface area contributed by atoms with Crippen LogP contribution < -0.4 is 5.32 Å². The minimum Gasteiger partial charge on any atom is -0.452 e. The molecule has 2 rings (SSSR count). The number of nitrogens with one attached hydrogen (secondary N) is 1. The van der Waals surface area contributed by atoms with E-state index in [0.717, 1.165) is 16.7 Å². The van der Waals surface area contributed by atoms with Crippen molar-refractivity contribution in [3.05, 3.63) is 70.8 Å². The predicted octanol–water partition coefficient (Wildman–Crippen LogP) is 3.37. The molecule has 0 heterocycles. The molecule has 1 N–H and O–H groups in total. The molecular formula is C20H18N2O3. The van der Waals surface area contributed by atoms with E-state index in [2.05, 4.69) is 5.32 Å². The van der Waals surface area contributed by atoms with E-state index in [-0.39, 0.29) is 6.61 Å². The van der Waals surface area contributed by atoms with Gasteiger partial charge in [-0.15, -0.1) is 0 Å². The Morgan fingerprint density at radius 2 is 1.84 bits per heavy atom. The fraction of sp³-hybridized carbons (Fsp3) is 0.150. The van der Waals surface area contributed by atoms with Crippen LogP contribution in [0.15, 0.2) is 48.5 Å². The van der Waals surface area contributed by atoms with Gasteiger partial charge in [-0.05, 0) is 60.9 Å². The first-order chi connectivity index (χ1) is 12.0. The SMILES string of the molecule is Cc1ccc(NC(=O)COC(=O)/C=C/c2ccc(C#N)cc2)cc1C. The van der Waals surface area contributed by atoms with Crippen LogP contribution in [0.25, 0.3) is 6.08 Å². The molecule has 0 unspecified atom stereocenters. The van der Waals surface area contributed by atoms with E-state index in [1.165, 1.54) is 6.08 Å². The summed E-state index contributed by atoms with van der Waals surface area (Å²) in [5.74, 6) is -1.01. The number of esters is 1. The Bertz CT molecular complexity index is 846. The summed E-state index contributed by atoms with van der Waals surface area (Å²) in [7, 11) is 0. The number of nitrogens with zero attached hydrogens (tertiary/aromatic N) is 1. The Kier molecular flexibility index (Phi) is 6.08. The van der Waals surface area contributed by atoms with Crippen LogP contribution in [0, 0.1) is 25.2 Å². The lowest BCUT2D eigenvalue weighted by Gasteiger charge is -2.07. The summed E-state index contributed by atoms with van der Waals surface area (Å²) in [6.07, 6.45) is 2.80. The van der Waals surface area contributed by atoms with Gasteiger partial charge in [-0.25, -0.2) is 4.79 Å². The molecule has 0 aliphatic carbocycles. The number of hydrogen-bond acceptors (Lipinski definition) is 4. The second-order valence-electron chi connectivity index (χ2n) is 5.52. The van der Waals surface area contributed by atoms with Crippen molar-refractivity contribution >= 4 is 23.6 Å². The van der Waals surface area contributed by atoms with Gasteiger partial charge in [0.25, 0.3) is 5.91 Å². The van der Waals surface area contributed by atoms with Gasteiger partial charge in [0, 0.05) is 11.8 Å². The van der Waals surface area contributed by atoms with Gasteiger partial charge >= 0.3 is 5.97 Å². The number of carbonyl (C=O) groups is 2. The molecule has 0 aromatic heterocycles. The molecular weight excluding hydrogens is 316 g/mol. The smallest absolute Gasteiger partial charge is 0.331 e. The van der Waals surface area contributed by atoms with Crippen molar-refractivity contribution in [1.29, 1.82) is 5.26 Å². The summed E-state index contributed by atoms with van der Waals surface area (Å²) in [6, 6.07) is 14.3. The molecule has 2 aromatic rings. The maximum Gasteiger partial charge on any atom is 0.331 e. The summed E-state index contributed by atoms with van der Waals surface area (Å²) in [4.78, 5) is 23.5. The summed E-state index contributed by atoms with van der Waals surface area (Å²) in [6.45, 7) is 3.59. The number of benzene rings is 2. The van der Waals surface area contributed by atoms with Crippen molar-refractivity contribution in [1.82, 2.24) is 0 Å². The van der Waals surface area contributed by atoms with Gasteiger partial charge in [-0.2, -0.15) is 5.26 Å². The summed E-state index contributed by atoms with van der Waals surface area (Å²) in [5.41, 5.74) is 4.17. The van der Waals surface area contributed by atoms with Crippen LogP contribution in [0.4, 0.5) is 5.69 Å². The predicted molar refractivity (Wildman–Crippen MR) is 95.7 cm³/mol. The van der Waals surface area contributed by atoms with E-state index in [1.54, 1.807) is 36.4 Å². The normalized spacial score (nSPS) is 10.3. The van der Waals surface area contributed by atoms with Gasteiger partial charge in [-0.3, -0.25) is 4.79 Å². The van der Waals surface area contributed by atoms with Crippen LogP contribution in [0.3, 0.4) is 0 Å². The highest BCUT2D eigenvalue weighted by molar-refractivity contribution is 5.94. The zero-order chi connectivity index (χ0) is 18.2. The quantitative estimate of drug-likeness (QED) is 0.671. The topological polar surface area (TPSA) is 79.2 Å². The van der Waals surface area contributed by atoms with E-state index >= 15 is 0 Å². The van der Waals surface area contributed by atoms with E-state index in [4.69, 9.17) is 10.00 Å². The van der Waals surface area contributed by atoms with Crippen molar-refractivity contribution in [2.24, 2.45) is 0 Å². The van der Waals surface area contributed by atoms with Crippen molar-refractivity contribution < 1.29 is 14.3 Å². The second kappa shape index (κ2) is 8.46. The van der Waals surface area contributed by atoms with Crippen LogP contribution in [-0.4, -0.2) is 18.5 Å². The lowest BCUT2D eigenvalue weighted by atomic mass is 10.1. The minimum absolute atomic E-state index is 0.358. The highest BCUT2D eigenvalue weighted by Gasteiger charge is 2.06. The first-order valence-electron chi connectivity index (χ1n) is 7.70.